The van der Waals surface area contributed by atoms with Crippen LogP contribution in [0.1, 0.15) is 30.2 Å². The van der Waals surface area contributed by atoms with Crippen molar-refractivity contribution in [1.82, 2.24) is 15.5 Å². The van der Waals surface area contributed by atoms with E-state index in [0.717, 1.165) is 24.4 Å². The van der Waals surface area contributed by atoms with E-state index in [1.54, 1.807) is 6.26 Å². The van der Waals surface area contributed by atoms with E-state index < -0.39 is 0 Å². The zero-order valence-electron chi connectivity index (χ0n) is 15.4. The molecule has 1 aromatic heterocycles. The SMILES string of the molecule is O=C(NCc1cccc2ccccc12)NCC(c1ccco1)N1CCCC1. The molecule has 0 spiro atoms. The van der Waals surface area contributed by atoms with Gasteiger partial charge in [0.2, 0.25) is 0 Å². The maximum atomic E-state index is 12.4. The van der Waals surface area contributed by atoms with E-state index in [0.29, 0.717) is 13.1 Å². The van der Waals surface area contributed by atoms with Crippen LogP contribution >= 0.6 is 0 Å². The molecule has 2 heterocycles. The summed E-state index contributed by atoms with van der Waals surface area (Å²) in [6, 6.07) is 18.2. The van der Waals surface area contributed by atoms with E-state index >= 15 is 0 Å². The monoisotopic (exact) mass is 363 g/mol. The molecule has 1 aliphatic rings. The summed E-state index contributed by atoms with van der Waals surface area (Å²) in [6.07, 6.45) is 4.09. The van der Waals surface area contributed by atoms with E-state index in [1.807, 2.05) is 30.3 Å². The van der Waals surface area contributed by atoms with Gasteiger partial charge in [-0.15, -0.1) is 0 Å². The molecule has 2 aromatic carbocycles. The number of rotatable bonds is 6. The number of furan rings is 1. The molecule has 27 heavy (non-hydrogen) atoms. The molecule has 5 heteroatoms. The highest BCUT2D eigenvalue weighted by atomic mass is 16.3. The quantitative estimate of drug-likeness (QED) is 0.694. The number of benzene rings is 2. The molecule has 0 aliphatic carbocycles. The lowest BCUT2D eigenvalue weighted by Crippen LogP contribution is -2.41. The Labute approximate surface area is 159 Å². The lowest BCUT2D eigenvalue weighted by molar-refractivity contribution is 0.203. The fourth-order valence-corrected chi connectivity index (χ4v) is 3.82. The highest BCUT2D eigenvalue weighted by Gasteiger charge is 2.25. The van der Waals surface area contributed by atoms with Gasteiger partial charge in [0.1, 0.15) is 5.76 Å². The Kier molecular flexibility index (Phi) is 5.39. The minimum Gasteiger partial charge on any atom is -0.468 e. The van der Waals surface area contributed by atoms with Crippen molar-refractivity contribution >= 4 is 16.8 Å². The van der Waals surface area contributed by atoms with E-state index in [9.17, 15) is 4.79 Å². The molecular weight excluding hydrogens is 338 g/mol. The molecule has 1 aliphatic heterocycles. The van der Waals surface area contributed by atoms with Crippen LogP contribution in [0.2, 0.25) is 0 Å². The first kappa shape index (κ1) is 17.6. The second kappa shape index (κ2) is 8.27. The van der Waals surface area contributed by atoms with Gasteiger partial charge in [-0.25, -0.2) is 4.79 Å². The number of hydrogen-bond acceptors (Lipinski definition) is 3. The van der Waals surface area contributed by atoms with E-state index in [2.05, 4.69) is 39.8 Å². The molecule has 2 amide bonds. The first-order valence-corrected chi connectivity index (χ1v) is 9.57. The van der Waals surface area contributed by atoms with Gasteiger partial charge in [-0.1, -0.05) is 42.5 Å². The highest BCUT2D eigenvalue weighted by Crippen LogP contribution is 2.25. The Balaban J connectivity index is 1.36. The third kappa shape index (κ3) is 4.14. The molecule has 1 saturated heterocycles. The molecule has 1 atom stereocenters. The van der Waals surface area contributed by atoms with Gasteiger partial charge in [0.05, 0.1) is 12.3 Å². The largest absolute Gasteiger partial charge is 0.468 e. The van der Waals surface area contributed by atoms with Crippen molar-refractivity contribution in [3.63, 3.8) is 0 Å². The third-order valence-electron chi connectivity index (χ3n) is 5.23. The van der Waals surface area contributed by atoms with Crippen LogP contribution in [0.4, 0.5) is 4.79 Å². The smallest absolute Gasteiger partial charge is 0.315 e. The fourth-order valence-electron chi connectivity index (χ4n) is 3.82. The highest BCUT2D eigenvalue weighted by molar-refractivity contribution is 5.86. The molecule has 1 unspecified atom stereocenters. The van der Waals surface area contributed by atoms with Crippen LogP contribution in [0.15, 0.2) is 65.3 Å². The minimum atomic E-state index is -0.154. The summed E-state index contributed by atoms with van der Waals surface area (Å²) in [5.41, 5.74) is 1.12. The molecule has 0 bridgehead atoms. The van der Waals surface area contributed by atoms with Crippen LogP contribution in [0, 0.1) is 0 Å². The van der Waals surface area contributed by atoms with Gasteiger partial charge >= 0.3 is 6.03 Å². The second-order valence-electron chi connectivity index (χ2n) is 6.98. The summed E-state index contributed by atoms with van der Waals surface area (Å²) in [7, 11) is 0. The van der Waals surface area contributed by atoms with Gasteiger partial charge in [-0.3, -0.25) is 4.90 Å². The van der Waals surface area contributed by atoms with Crippen LogP contribution < -0.4 is 10.6 Å². The Bertz CT molecular complexity index is 880. The number of carbonyl (C=O) groups is 1. The molecule has 4 rings (SSSR count). The van der Waals surface area contributed by atoms with Gasteiger partial charge in [0, 0.05) is 13.1 Å². The molecular formula is C22H25N3O2. The van der Waals surface area contributed by atoms with Gasteiger partial charge in [-0.2, -0.15) is 0 Å². The van der Waals surface area contributed by atoms with Crippen LogP contribution in [-0.2, 0) is 6.54 Å². The Morgan fingerprint density at radius 1 is 1.00 bits per heavy atom. The van der Waals surface area contributed by atoms with Crippen LogP contribution in [-0.4, -0.2) is 30.6 Å². The molecule has 5 nitrogen and oxygen atoms in total. The Morgan fingerprint density at radius 2 is 1.81 bits per heavy atom. The van der Waals surface area contributed by atoms with Gasteiger partial charge < -0.3 is 15.1 Å². The standard InChI is InChI=1S/C22H25N3O2/c26-22(23-15-18-9-5-8-17-7-1-2-10-19(17)18)24-16-20(21-11-6-14-27-21)25-12-3-4-13-25/h1-2,5-11,14,20H,3-4,12-13,15-16H2,(H2,23,24,26). The number of likely N-dealkylation sites (tertiary alicyclic amines) is 1. The number of nitrogens with zero attached hydrogens (tertiary/aromatic N) is 1. The number of hydrogen-bond donors (Lipinski definition) is 2. The van der Waals surface area contributed by atoms with E-state index in [1.165, 1.54) is 23.6 Å². The zero-order chi connectivity index (χ0) is 18.5. The minimum absolute atomic E-state index is 0.0887. The maximum Gasteiger partial charge on any atom is 0.315 e. The molecule has 0 radical (unpaired) electrons. The predicted molar refractivity (Wildman–Crippen MR) is 106 cm³/mol. The van der Waals surface area contributed by atoms with Crippen LogP contribution in [0.3, 0.4) is 0 Å². The summed E-state index contributed by atoms with van der Waals surface area (Å²) in [4.78, 5) is 14.7. The average Bonchev–Trinajstić information content (AvgIpc) is 3.41. The number of amides is 2. The number of carbonyl (C=O) groups excluding carboxylic acids is 1. The topological polar surface area (TPSA) is 57.5 Å². The van der Waals surface area contributed by atoms with Crippen LogP contribution in [0.5, 0.6) is 0 Å². The molecule has 140 valence electrons. The summed E-state index contributed by atoms with van der Waals surface area (Å²) in [5, 5.41) is 8.35. The van der Waals surface area contributed by atoms with Gasteiger partial charge in [-0.05, 0) is 54.4 Å². The Morgan fingerprint density at radius 3 is 2.63 bits per heavy atom. The van der Waals surface area contributed by atoms with Crippen molar-refractivity contribution in [2.75, 3.05) is 19.6 Å². The van der Waals surface area contributed by atoms with Gasteiger partial charge in [0.15, 0.2) is 0 Å². The summed E-state index contributed by atoms with van der Waals surface area (Å²) in [5.74, 6) is 0.909. The third-order valence-corrected chi connectivity index (χ3v) is 5.23. The van der Waals surface area contributed by atoms with Crippen molar-refractivity contribution in [3.8, 4) is 0 Å². The summed E-state index contributed by atoms with van der Waals surface area (Å²) in [6.45, 7) is 3.13. The van der Waals surface area contributed by atoms with Gasteiger partial charge in [0.25, 0.3) is 0 Å². The predicted octanol–water partition coefficient (Wildman–Crippen LogP) is 4.07. The van der Waals surface area contributed by atoms with Crippen molar-refractivity contribution in [2.24, 2.45) is 0 Å². The molecule has 3 aromatic rings. The fraction of sp³-hybridized carbons (Fsp3) is 0.318. The lowest BCUT2D eigenvalue weighted by Gasteiger charge is -2.26. The zero-order valence-corrected chi connectivity index (χ0v) is 15.4. The van der Waals surface area contributed by atoms with Crippen molar-refractivity contribution in [1.29, 1.82) is 0 Å². The molecule has 0 saturated carbocycles. The average molecular weight is 363 g/mol. The van der Waals surface area contributed by atoms with Crippen molar-refractivity contribution in [2.45, 2.75) is 25.4 Å². The normalized spacial score (nSPS) is 15.7. The second-order valence-corrected chi connectivity index (χ2v) is 6.98. The number of nitrogens with one attached hydrogen (secondary N) is 2. The number of fused-ring (bicyclic) bond motifs is 1. The van der Waals surface area contributed by atoms with Crippen LogP contribution in [0.25, 0.3) is 10.8 Å². The molecule has 2 N–H and O–H groups in total. The summed E-state index contributed by atoms with van der Waals surface area (Å²) < 4.78 is 5.60. The summed E-state index contributed by atoms with van der Waals surface area (Å²) >= 11 is 0. The first-order chi connectivity index (χ1) is 13.3. The van der Waals surface area contributed by atoms with Crippen molar-refractivity contribution in [3.05, 3.63) is 72.2 Å². The maximum absolute atomic E-state index is 12.4. The molecule has 1 fully saturated rings. The first-order valence-electron chi connectivity index (χ1n) is 9.57. The van der Waals surface area contributed by atoms with E-state index in [-0.39, 0.29) is 12.1 Å². The Hall–Kier alpha value is -2.79. The lowest BCUT2D eigenvalue weighted by atomic mass is 10.0. The number of urea groups is 1. The van der Waals surface area contributed by atoms with Crippen molar-refractivity contribution < 1.29 is 9.21 Å². The van der Waals surface area contributed by atoms with E-state index in [4.69, 9.17) is 4.42 Å².